The second kappa shape index (κ2) is 13.0. The molecule has 1 fully saturated rings. The van der Waals surface area contributed by atoms with E-state index in [0.717, 1.165) is 54.6 Å². The smallest absolute Gasteiger partial charge is 0.342 e. The maximum Gasteiger partial charge on any atom is 0.342 e. The number of Topliss-reactive ketones (excluding diaryl/α,β-unsaturated/α-hetero) is 1. The quantitative estimate of drug-likeness (QED) is 0.182. The number of ketones is 1. The molecule has 0 bridgehead atoms. The summed E-state index contributed by atoms with van der Waals surface area (Å²) in [5, 5.41) is 0. The molecule has 0 radical (unpaired) electrons. The number of aliphatic imine (C=N–C) groups is 2. The summed E-state index contributed by atoms with van der Waals surface area (Å²) in [5.74, 6) is 2.04. The predicted molar refractivity (Wildman–Crippen MR) is 155 cm³/mol. The molecule has 1 aliphatic carbocycles. The Hall–Kier alpha value is -2.54. The van der Waals surface area contributed by atoms with Gasteiger partial charge in [0.25, 0.3) is 0 Å². The van der Waals surface area contributed by atoms with Crippen molar-refractivity contribution < 1.29 is 18.7 Å². The van der Waals surface area contributed by atoms with Gasteiger partial charge in [0.05, 0.1) is 13.2 Å². The van der Waals surface area contributed by atoms with Crippen LogP contribution in [0.25, 0.3) is 0 Å². The Morgan fingerprint density at radius 1 is 1.13 bits per heavy atom. The molecule has 5 unspecified atom stereocenters. The minimum absolute atomic E-state index is 0.0742. The van der Waals surface area contributed by atoms with Crippen LogP contribution in [0.15, 0.2) is 43.3 Å². The molecule has 1 saturated carbocycles. The number of hydrogen-bond donors (Lipinski definition) is 0. The normalized spacial score (nSPS) is 25.6. The van der Waals surface area contributed by atoms with E-state index in [1.807, 2.05) is 25.1 Å². The van der Waals surface area contributed by atoms with E-state index in [9.17, 15) is 9.59 Å². The molecule has 1 aromatic heterocycles. The minimum Gasteiger partial charge on any atom is -0.465 e. The van der Waals surface area contributed by atoms with Gasteiger partial charge in [-0.1, -0.05) is 44.5 Å². The topological polar surface area (TPSA) is 81.2 Å². The molecule has 0 saturated heterocycles. The van der Waals surface area contributed by atoms with Gasteiger partial charge < -0.3 is 9.15 Å². The zero-order chi connectivity index (χ0) is 27.2. The van der Waals surface area contributed by atoms with Crippen molar-refractivity contribution in [1.82, 2.24) is 0 Å². The minimum atomic E-state index is -0.370. The molecule has 4 rings (SSSR count). The molecule has 6 nitrogen and oxygen atoms in total. The molecule has 2 aliphatic rings. The Morgan fingerprint density at radius 3 is 2.68 bits per heavy atom. The maximum atomic E-state index is 13.6. The molecule has 38 heavy (non-hydrogen) atoms. The van der Waals surface area contributed by atoms with E-state index < -0.39 is 0 Å². The number of furan rings is 1. The molecule has 1 aromatic carbocycles. The van der Waals surface area contributed by atoms with Gasteiger partial charge in [0.15, 0.2) is 10.5 Å². The number of nitrogens with zero attached hydrogens (tertiary/aromatic N) is 2. The van der Waals surface area contributed by atoms with Gasteiger partial charge >= 0.3 is 5.97 Å². The van der Waals surface area contributed by atoms with E-state index in [4.69, 9.17) is 9.15 Å². The number of ether oxygens (including phenoxy) is 1. The SMILES string of the molecule is CCc1c(C2CCC(C)CC(CCC(=O)c3ccccc3C3CN=CC=NC3C)C2)oc(Br)c1C(=O)OC. The van der Waals surface area contributed by atoms with E-state index in [1.54, 1.807) is 12.4 Å². The summed E-state index contributed by atoms with van der Waals surface area (Å²) in [6.45, 7) is 7.08. The van der Waals surface area contributed by atoms with Gasteiger partial charge in [-0.15, -0.1) is 0 Å². The summed E-state index contributed by atoms with van der Waals surface area (Å²) < 4.78 is 11.6. The van der Waals surface area contributed by atoms with Gasteiger partial charge in [-0.05, 0) is 72.4 Å². The fraction of sp³-hybridized carbons (Fsp3) is 0.548. The number of methoxy groups -OCH3 is 1. The second-order valence-electron chi connectivity index (χ2n) is 10.9. The van der Waals surface area contributed by atoms with Gasteiger partial charge in [-0.25, -0.2) is 4.79 Å². The van der Waals surface area contributed by atoms with Crippen LogP contribution in [0, 0.1) is 11.8 Å². The zero-order valence-corrected chi connectivity index (χ0v) is 24.5. The summed E-state index contributed by atoms with van der Waals surface area (Å²) in [4.78, 5) is 35.0. The van der Waals surface area contributed by atoms with Crippen molar-refractivity contribution in [3.05, 3.63) is 56.9 Å². The highest BCUT2D eigenvalue weighted by Crippen LogP contribution is 2.43. The van der Waals surface area contributed by atoms with Crippen molar-refractivity contribution in [3.63, 3.8) is 0 Å². The highest BCUT2D eigenvalue weighted by molar-refractivity contribution is 9.10. The van der Waals surface area contributed by atoms with Crippen molar-refractivity contribution in [2.45, 2.75) is 83.6 Å². The molecule has 2 heterocycles. The van der Waals surface area contributed by atoms with E-state index in [1.165, 1.54) is 7.11 Å². The van der Waals surface area contributed by atoms with Gasteiger partial charge in [0.2, 0.25) is 0 Å². The molecule has 0 N–H and O–H groups in total. The van der Waals surface area contributed by atoms with E-state index in [-0.39, 0.29) is 29.6 Å². The zero-order valence-electron chi connectivity index (χ0n) is 22.9. The van der Waals surface area contributed by atoms with E-state index >= 15 is 0 Å². The van der Waals surface area contributed by atoms with Crippen LogP contribution in [-0.4, -0.2) is 43.9 Å². The summed E-state index contributed by atoms with van der Waals surface area (Å²) >= 11 is 3.46. The fourth-order valence-corrected chi connectivity index (χ4v) is 6.83. The summed E-state index contributed by atoms with van der Waals surface area (Å²) in [7, 11) is 1.40. The Kier molecular flexibility index (Phi) is 9.74. The highest BCUT2D eigenvalue weighted by Gasteiger charge is 2.33. The Bertz CT molecular complexity index is 1200. The average Bonchev–Trinajstić information content (AvgIpc) is 3.03. The van der Waals surface area contributed by atoms with Crippen molar-refractivity contribution >= 4 is 40.1 Å². The number of esters is 1. The van der Waals surface area contributed by atoms with E-state index in [0.29, 0.717) is 41.5 Å². The lowest BCUT2D eigenvalue weighted by atomic mass is 9.83. The molecule has 0 amide bonds. The van der Waals surface area contributed by atoms with Crippen LogP contribution < -0.4 is 0 Å². The van der Waals surface area contributed by atoms with Crippen LogP contribution in [0.1, 0.15) is 109 Å². The monoisotopic (exact) mass is 582 g/mol. The van der Waals surface area contributed by atoms with Crippen molar-refractivity contribution in [2.75, 3.05) is 13.7 Å². The first-order valence-electron chi connectivity index (χ1n) is 13.9. The lowest BCUT2D eigenvalue weighted by molar-refractivity contribution is 0.0597. The first-order valence-corrected chi connectivity index (χ1v) is 14.7. The van der Waals surface area contributed by atoms with Gasteiger partial charge in [-0.3, -0.25) is 14.8 Å². The fourth-order valence-electron chi connectivity index (χ4n) is 6.25. The largest absolute Gasteiger partial charge is 0.465 e. The first kappa shape index (κ1) is 28.5. The Labute approximate surface area is 234 Å². The lowest BCUT2D eigenvalue weighted by Crippen LogP contribution is -2.19. The molecular weight excluding hydrogens is 544 g/mol. The first-order chi connectivity index (χ1) is 18.3. The summed E-state index contributed by atoms with van der Waals surface area (Å²) in [6, 6.07) is 8.06. The summed E-state index contributed by atoms with van der Waals surface area (Å²) in [6.07, 6.45) is 9.75. The lowest BCUT2D eigenvalue weighted by Gasteiger charge is -2.22. The standard InChI is InChI=1S/C31H39BrN2O4/c1-5-23-28(31(36)37-4)30(32)38-29(23)22-12-10-19(2)16-21(17-22)11-13-27(35)25-9-7-6-8-24(25)26-18-33-14-15-34-20(26)3/h6-9,14-15,19-22,26H,5,10-13,16-18H2,1-4H3. The molecule has 1 aliphatic heterocycles. The van der Waals surface area contributed by atoms with Crippen LogP contribution in [0.5, 0.6) is 0 Å². The molecule has 7 heteroatoms. The second-order valence-corrected chi connectivity index (χ2v) is 11.6. The molecule has 5 atom stereocenters. The van der Waals surface area contributed by atoms with Crippen LogP contribution in [-0.2, 0) is 11.2 Å². The molecule has 2 aromatic rings. The predicted octanol–water partition coefficient (Wildman–Crippen LogP) is 7.59. The highest BCUT2D eigenvalue weighted by atomic mass is 79.9. The number of carbonyl (C=O) groups is 2. The van der Waals surface area contributed by atoms with E-state index in [2.05, 4.69) is 45.8 Å². The molecular formula is C31H39BrN2O4. The maximum absolute atomic E-state index is 13.6. The van der Waals surface area contributed by atoms with Crippen molar-refractivity contribution in [1.29, 1.82) is 0 Å². The number of hydrogen-bond acceptors (Lipinski definition) is 6. The third kappa shape index (κ3) is 6.36. The third-order valence-corrected chi connectivity index (χ3v) is 8.85. The molecule has 204 valence electrons. The Balaban J connectivity index is 1.51. The number of benzene rings is 1. The van der Waals surface area contributed by atoms with Crippen LogP contribution in [0.4, 0.5) is 0 Å². The Morgan fingerprint density at radius 2 is 1.92 bits per heavy atom. The van der Waals surface area contributed by atoms with Crippen molar-refractivity contribution in [3.8, 4) is 0 Å². The van der Waals surface area contributed by atoms with Crippen LogP contribution in [0.2, 0.25) is 0 Å². The van der Waals surface area contributed by atoms with Gasteiger partial charge in [0.1, 0.15) is 11.3 Å². The van der Waals surface area contributed by atoms with Crippen LogP contribution >= 0.6 is 15.9 Å². The summed E-state index contributed by atoms with van der Waals surface area (Å²) in [5.41, 5.74) is 3.31. The third-order valence-electron chi connectivity index (χ3n) is 8.29. The number of rotatable bonds is 8. The van der Waals surface area contributed by atoms with Crippen LogP contribution in [0.3, 0.4) is 0 Å². The molecule has 0 spiro atoms. The average molecular weight is 584 g/mol. The van der Waals surface area contributed by atoms with Gasteiger partial charge in [-0.2, -0.15) is 0 Å². The van der Waals surface area contributed by atoms with Gasteiger partial charge in [0, 0.05) is 48.4 Å². The van der Waals surface area contributed by atoms with Crippen molar-refractivity contribution in [2.24, 2.45) is 21.8 Å². The number of halogens is 1. The number of carbonyl (C=O) groups excluding carboxylic acids is 2.